The molecule has 2 atom stereocenters. The molecule has 1 fully saturated rings. The fourth-order valence-electron chi connectivity index (χ4n) is 3.49. The standard InChI is InChI=1S/C24H30N2O6/c1-16-7-9-17(10-8-16)15-31-20(27)14-26-19(12-11-18-6-5-13-30-18)21(22(26)28)25-23(29)32-24(2,3)4/h5-10,13,19,21H,11-12,14-15H2,1-4H3,(H,25,29)/t19-,21+/m1/s1. The molecule has 0 radical (unpaired) electrons. The minimum Gasteiger partial charge on any atom is -0.469 e. The number of furan rings is 1. The highest BCUT2D eigenvalue weighted by molar-refractivity contribution is 5.94. The number of likely N-dealkylation sites (tertiary alicyclic amines) is 1. The fraction of sp³-hybridized carbons (Fsp3) is 0.458. The number of amides is 2. The molecule has 0 spiro atoms. The zero-order valence-electron chi connectivity index (χ0n) is 18.9. The summed E-state index contributed by atoms with van der Waals surface area (Å²) in [6.07, 6.45) is 2.00. The maximum atomic E-state index is 12.7. The van der Waals surface area contributed by atoms with Crippen LogP contribution >= 0.6 is 0 Å². The summed E-state index contributed by atoms with van der Waals surface area (Å²) >= 11 is 0. The van der Waals surface area contributed by atoms with Gasteiger partial charge < -0.3 is 24.1 Å². The normalized spacial score (nSPS) is 18.1. The minimum atomic E-state index is -0.760. The molecule has 172 valence electrons. The summed E-state index contributed by atoms with van der Waals surface area (Å²) in [7, 11) is 0. The van der Waals surface area contributed by atoms with Crippen LogP contribution in [0.15, 0.2) is 47.1 Å². The molecule has 2 aromatic rings. The van der Waals surface area contributed by atoms with E-state index >= 15 is 0 Å². The van der Waals surface area contributed by atoms with E-state index in [1.54, 1.807) is 33.1 Å². The SMILES string of the molecule is Cc1ccc(COC(=O)CN2C(=O)[C@@H](NC(=O)OC(C)(C)C)[C@H]2CCc2ccco2)cc1. The van der Waals surface area contributed by atoms with E-state index in [2.05, 4.69) is 5.32 Å². The molecule has 1 aromatic heterocycles. The minimum absolute atomic E-state index is 0.137. The van der Waals surface area contributed by atoms with Gasteiger partial charge in [-0.25, -0.2) is 4.79 Å². The zero-order valence-corrected chi connectivity index (χ0v) is 18.9. The van der Waals surface area contributed by atoms with Crippen LogP contribution in [0.2, 0.25) is 0 Å². The number of benzene rings is 1. The highest BCUT2D eigenvalue weighted by atomic mass is 16.6. The lowest BCUT2D eigenvalue weighted by molar-refractivity contribution is -0.162. The van der Waals surface area contributed by atoms with E-state index < -0.39 is 23.7 Å². The molecular formula is C24H30N2O6. The van der Waals surface area contributed by atoms with Crippen LogP contribution in [0.1, 0.15) is 44.1 Å². The number of carbonyl (C=O) groups excluding carboxylic acids is 3. The fourth-order valence-corrected chi connectivity index (χ4v) is 3.49. The topological polar surface area (TPSA) is 98.1 Å². The Hall–Kier alpha value is -3.29. The van der Waals surface area contributed by atoms with Crippen molar-refractivity contribution in [2.75, 3.05) is 6.54 Å². The molecule has 32 heavy (non-hydrogen) atoms. The van der Waals surface area contributed by atoms with Crippen LogP contribution in [0.5, 0.6) is 0 Å². The number of rotatable bonds is 8. The number of alkyl carbamates (subject to hydrolysis) is 1. The number of nitrogens with one attached hydrogen (secondary N) is 1. The van der Waals surface area contributed by atoms with Gasteiger partial charge >= 0.3 is 12.1 Å². The summed E-state index contributed by atoms with van der Waals surface area (Å²) < 4.78 is 16.0. The average Bonchev–Trinajstić information content (AvgIpc) is 3.23. The van der Waals surface area contributed by atoms with Crippen LogP contribution in [0.3, 0.4) is 0 Å². The number of nitrogens with zero attached hydrogens (tertiary/aromatic N) is 1. The van der Waals surface area contributed by atoms with Crippen LogP contribution in [0.25, 0.3) is 0 Å². The van der Waals surface area contributed by atoms with Gasteiger partial charge in [-0.2, -0.15) is 0 Å². The van der Waals surface area contributed by atoms with Crippen molar-refractivity contribution in [3.8, 4) is 0 Å². The van der Waals surface area contributed by atoms with Crippen molar-refractivity contribution in [3.05, 3.63) is 59.5 Å². The number of aryl methyl sites for hydroxylation is 2. The lowest BCUT2D eigenvalue weighted by Crippen LogP contribution is -2.71. The summed E-state index contributed by atoms with van der Waals surface area (Å²) in [6.45, 7) is 7.19. The van der Waals surface area contributed by atoms with Crippen molar-refractivity contribution in [2.45, 2.75) is 64.8 Å². The van der Waals surface area contributed by atoms with E-state index in [9.17, 15) is 14.4 Å². The molecular weight excluding hydrogens is 412 g/mol. The second-order valence-electron chi connectivity index (χ2n) is 8.92. The van der Waals surface area contributed by atoms with E-state index in [0.717, 1.165) is 16.9 Å². The van der Waals surface area contributed by atoms with Crippen LogP contribution in [-0.4, -0.2) is 47.1 Å². The van der Waals surface area contributed by atoms with Gasteiger partial charge in [0, 0.05) is 6.42 Å². The Morgan fingerprint density at radius 3 is 2.50 bits per heavy atom. The van der Waals surface area contributed by atoms with Crippen molar-refractivity contribution in [3.63, 3.8) is 0 Å². The molecule has 8 heteroatoms. The smallest absolute Gasteiger partial charge is 0.408 e. The molecule has 1 aliphatic rings. The van der Waals surface area contributed by atoms with E-state index in [0.29, 0.717) is 12.8 Å². The highest BCUT2D eigenvalue weighted by Crippen LogP contribution is 2.25. The van der Waals surface area contributed by atoms with Crippen molar-refractivity contribution in [1.82, 2.24) is 10.2 Å². The van der Waals surface area contributed by atoms with Gasteiger partial charge in [0.05, 0.1) is 12.3 Å². The summed E-state index contributed by atoms with van der Waals surface area (Å²) in [6, 6.07) is 10.2. The van der Waals surface area contributed by atoms with E-state index in [4.69, 9.17) is 13.9 Å². The maximum absolute atomic E-state index is 12.7. The molecule has 0 saturated carbocycles. The van der Waals surface area contributed by atoms with E-state index in [1.165, 1.54) is 4.90 Å². The van der Waals surface area contributed by atoms with Crippen LogP contribution in [0, 0.1) is 6.92 Å². The number of esters is 1. The van der Waals surface area contributed by atoms with Gasteiger partial charge in [-0.1, -0.05) is 29.8 Å². The van der Waals surface area contributed by atoms with E-state index in [-0.39, 0.29) is 25.1 Å². The first kappa shape index (κ1) is 23.4. The molecule has 0 aliphatic carbocycles. The van der Waals surface area contributed by atoms with Crippen LogP contribution in [0.4, 0.5) is 4.79 Å². The first-order valence-electron chi connectivity index (χ1n) is 10.7. The summed E-state index contributed by atoms with van der Waals surface area (Å²) in [5.41, 5.74) is 1.31. The predicted molar refractivity (Wildman–Crippen MR) is 117 cm³/mol. The largest absolute Gasteiger partial charge is 0.469 e. The first-order chi connectivity index (χ1) is 15.1. The average molecular weight is 443 g/mol. The highest BCUT2D eigenvalue weighted by Gasteiger charge is 2.49. The molecule has 2 heterocycles. The maximum Gasteiger partial charge on any atom is 0.408 e. The summed E-state index contributed by atoms with van der Waals surface area (Å²) in [5.74, 6) is -0.0764. The van der Waals surface area contributed by atoms with Crippen LogP contribution in [-0.2, 0) is 32.1 Å². The van der Waals surface area contributed by atoms with Gasteiger partial charge in [0.1, 0.15) is 30.6 Å². The van der Waals surface area contributed by atoms with Crippen molar-refractivity contribution in [2.24, 2.45) is 0 Å². The number of ether oxygens (including phenoxy) is 2. The van der Waals surface area contributed by atoms with Crippen molar-refractivity contribution >= 4 is 18.0 Å². The third-order valence-corrected chi connectivity index (χ3v) is 5.09. The lowest BCUT2D eigenvalue weighted by atomic mass is 9.90. The lowest BCUT2D eigenvalue weighted by Gasteiger charge is -2.46. The zero-order chi connectivity index (χ0) is 23.3. The monoisotopic (exact) mass is 442 g/mol. The summed E-state index contributed by atoms with van der Waals surface area (Å²) in [4.78, 5) is 38.7. The Balaban J connectivity index is 1.59. The van der Waals surface area contributed by atoms with Crippen molar-refractivity contribution < 1.29 is 28.3 Å². The van der Waals surface area contributed by atoms with Gasteiger partial charge in [0.15, 0.2) is 0 Å². The molecule has 1 aliphatic heterocycles. The second kappa shape index (κ2) is 9.89. The third kappa shape index (κ3) is 6.35. The molecule has 3 rings (SSSR count). The van der Waals surface area contributed by atoms with E-state index in [1.807, 2.05) is 37.3 Å². The number of hydrogen-bond acceptors (Lipinski definition) is 6. The van der Waals surface area contributed by atoms with Gasteiger partial charge in [0.25, 0.3) is 0 Å². The Morgan fingerprint density at radius 2 is 1.88 bits per heavy atom. The van der Waals surface area contributed by atoms with Gasteiger partial charge in [0.2, 0.25) is 5.91 Å². The Kier molecular flexibility index (Phi) is 7.22. The number of carbonyl (C=O) groups is 3. The summed E-state index contributed by atoms with van der Waals surface area (Å²) in [5, 5.41) is 2.63. The Bertz CT molecular complexity index is 930. The Morgan fingerprint density at radius 1 is 1.16 bits per heavy atom. The van der Waals surface area contributed by atoms with Gasteiger partial charge in [-0.05, 0) is 51.8 Å². The molecule has 0 unspecified atom stereocenters. The number of β-lactam (4-membered cyclic amide) rings is 1. The molecule has 2 amide bonds. The second-order valence-corrected chi connectivity index (χ2v) is 8.92. The molecule has 1 saturated heterocycles. The Labute approximate surface area is 187 Å². The van der Waals surface area contributed by atoms with Gasteiger partial charge in [-0.15, -0.1) is 0 Å². The molecule has 0 bridgehead atoms. The molecule has 1 aromatic carbocycles. The first-order valence-corrected chi connectivity index (χ1v) is 10.7. The quantitative estimate of drug-likeness (QED) is 0.497. The third-order valence-electron chi connectivity index (χ3n) is 5.09. The van der Waals surface area contributed by atoms with Gasteiger partial charge in [-0.3, -0.25) is 9.59 Å². The molecule has 1 N–H and O–H groups in total. The number of hydrogen-bond donors (Lipinski definition) is 1. The van der Waals surface area contributed by atoms with Crippen molar-refractivity contribution in [1.29, 1.82) is 0 Å². The van der Waals surface area contributed by atoms with Crippen LogP contribution < -0.4 is 5.32 Å². The molecule has 8 nitrogen and oxygen atoms in total. The predicted octanol–water partition coefficient (Wildman–Crippen LogP) is 3.37.